The zero-order valence-electron chi connectivity index (χ0n) is 18.9. The number of nitrogens with zero attached hydrogens (tertiary/aromatic N) is 5. The summed E-state index contributed by atoms with van der Waals surface area (Å²) in [5.41, 5.74) is 3.08. The molecule has 32 heavy (non-hydrogen) atoms. The van der Waals surface area contributed by atoms with Crippen LogP contribution in [0, 0.1) is 12.7 Å². The molecule has 1 saturated carbocycles. The number of hydrogen-bond acceptors (Lipinski definition) is 5. The lowest BCUT2D eigenvalue weighted by Crippen LogP contribution is -2.36. The Bertz CT molecular complexity index is 1300. The van der Waals surface area contributed by atoms with Gasteiger partial charge in [0, 0.05) is 23.8 Å². The van der Waals surface area contributed by atoms with E-state index in [1.165, 1.54) is 6.07 Å². The van der Waals surface area contributed by atoms with Crippen molar-refractivity contribution in [3.05, 3.63) is 42.2 Å². The van der Waals surface area contributed by atoms with E-state index in [-0.39, 0.29) is 17.9 Å². The molecule has 0 radical (unpaired) electrons. The molecular weight excluding hydrogens is 407 g/mol. The number of nitrogens with one attached hydrogen (secondary N) is 1. The third-order valence-electron chi connectivity index (χ3n) is 6.57. The molecule has 4 aromatic rings. The molecule has 5 rings (SSSR count). The van der Waals surface area contributed by atoms with E-state index in [1.54, 1.807) is 10.7 Å². The van der Waals surface area contributed by atoms with Gasteiger partial charge in [-0.1, -0.05) is 0 Å². The van der Waals surface area contributed by atoms with Crippen molar-refractivity contribution in [1.82, 2.24) is 24.1 Å². The lowest BCUT2D eigenvalue weighted by atomic mass is 9.84. The number of hydrogen-bond donors (Lipinski definition) is 2. The molecule has 0 unspecified atom stereocenters. The van der Waals surface area contributed by atoms with Gasteiger partial charge in [0.15, 0.2) is 5.82 Å². The van der Waals surface area contributed by atoms with Crippen LogP contribution >= 0.6 is 0 Å². The molecule has 1 fully saturated rings. The van der Waals surface area contributed by atoms with E-state index in [4.69, 9.17) is 0 Å². The second-order valence-electron chi connectivity index (χ2n) is 9.51. The van der Waals surface area contributed by atoms with Crippen molar-refractivity contribution in [3.8, 4) is 11.1 Å². The van der Waals surface area contributed by atoms with Crippen LogP contribution in [-0.2, 0) is 0 Å². The molecule has 0 aliphatic heterocycles. The van der Waals surface area contributed by atoms with E-state index >= 15 is 0 Å². The summed E-state index contributed by atoms with van der Waals surface area (Å²) in [6.07, 6.45) is 6.94. The van der Waals surface area contributed by atoms with Gasteiger partial charge in [0.1, 0.15) is 11.3 Å². The van der Waals surface area contributed by atoms with Crippen LogP contribution in [0.2, 0.25) is 0 Å². The Hall–Kier alpha value is -3.00. The largest absolute Gasteiger partial charge is 0.390 e. The van der Waals surface area contributed by atoms with Gasteiger partial charge >= 0.3 is 0 Å². The van der Waals surface area contributed by atoms with E-state index < -0.39 is 5.60 Å². The fraction of sp³-hybridized carbons (Fsp3) is 0.458. The van der Waals surface area contributed by atoms with Gasteiger partial charge in [-0.15, -0.1) is 5.10 Å². The van der Waals surface area contributed by atoms with Crippen LogP contribution in [-0.4, -0.2) is 40.9 Å². The number of fused-ring (bicyclic) bond motifs is 2. The quantitative estimate of drug-likeness (QED) is 0.477. The molecular formula is C24H29FN6O. The van der Waals surface area contributed by atoms with Gasteiger partial charge in [0.05, 0.1) is 22.8 Å². The average Bonchev–Trinajstić information content (AvgIpc) is 3.30. The van der Waals surface area contributed by atoms with Crippen molar-refractivity contribution in [2.24, 2.45) is 0 Å². The van der Waals surface area contributed by atoms with Crippen molar-refractivity contribution < 1.29 is 9.50 Å². The minimum Gasteiger partial charge on any atom is -0.390 e. The maximum atomic E-state index is 14.9. The highest BCUT2D eigenvalue weighted by Crippen LogP contribution is 2.32. The van der Waals surface area contributed by atoms with Crippen LogP contribution in [0.15, 0.2) is 30.6 Å². The highest BCUT2D eigenvalue weighted by Gasteiger charge is 2.29. The average molecular weight is 437 g/mol. The van der Waals surface area contributed by atoms with Gasteiger partial charge in [-0.05, 0) is 77.1 Å². The summed E-state index contributed by atoms with van der Waals surface area (Å²) >= 11 is 0. The lowest BCUT2D eigenvalue weighted by Gasteiger charge is -2.33. The number of halogens is 1. The molecule has 1 aliphatic rings. The van der Waals surface area contributed by atoms with Crippen molar-refractivity contribution in [2.45, 2.75) is 71.1 Å². The molecule has 0 saturated heterocycles. The Morgan fingerprint density at radius 2 is 1.97 bits per heavy atom. The maximum absolute atomic E-state index is 14.9. The molecule has 7 nitrogen and oxygen atoms in total. The Morgan fingerprint density at radius 1 is 1.22 bits per heavy atom. The fourth-order valence-electron chi connectivity index (χ4n) is 4.85. The number of benzene rings is 1. The highest BCUT2D eigenvalue weighted by molar-refractivity contribution is 5.88. The van der Waals surface area contributed by atoms with Crippen molar-refractivity contribution in [1.29, 1.82) is 0 Å². The summed E-state index contributed by atoms with van der Waals surface area (Å²) < 4.78 is 18.8. The molecule has 8 heteroatoms. The number of aryl methyl sites for hydroxylation is 1. The molecule has 3 heterocycles. The first-order chi connectivity index (χ1) is 15.2. The van der Waals surface area contributed by atoms with E-state index in [9.17, 15) is 9.50 Å². The van der Waals surface area contributed by atoms with Crippen molar-refractivity contribution in [3.63, 3.8) is 0 Å². The Kier molecular flexibility index (Phi) is 4.93. The van der Waals surface area contributed by atoms with Gasteiger partial charge in [-0.3, -0.25) is 0 Å². The zero-order valence-corrected chi connectivity index (χ0v) is 18.9. The van der Waals surface area contributed by atoms with E-state index in [0.29, 0.717) is 11.5 Å². The molecule has 168 valence electrons. The Labute approximate surface area is 186 Å². The fourth-order valence-corrected chi connectivity index (χ4v) is 4.85. The third-order valence-corrected chi connectivity index (χ3v) is 6.57. The first-order valence-electron chi connectivity index (χ1n) is 11.2. The van der Waals surface area contributed by atoms with Crippen LogP contribution in [0.25, 0.3) is 27.7 Å². The van der Waals surface area contributed by atoms with Crippen LogP contribution < -0.4 is 5.32 Å². The topological polar surface area (TPSA) is 80.3 Å². The van der Waals surface area contributed by atoms with Gasteiger partial charge in [-0.2, -0.15) is 0 Å². The monoisotopic (exact) mass is 436 g/mol. The standard InChI is InChI=1S/C24H29FN6O/c1-14(2)31-15(3)27-22-19(25)11-16(12-20(22)31)18-7-10-30-21(18)13-26-23(29-30)28-17-5-8-24(4,32)9-6-17/h7,10-14,17,32H,5-6,8-9H2,1-4H3,(H,28,29). The summed E-state index contributed by atoms with van der Waals surface area (Å²) in [6.45, 7) is 7.94. The van der Waals surface area contributed by atoms with Gasteiger partial charge in [0.2, 0.25) is 5.95 Å². The summed E-state index contributed by atoms with van der Waals surface area (Å²) in [6, 6.07) is 5.90. The lowest BCUT2D eigenvalue weighted by molar-refractivity contribution is 0.0195. The summed E-state index contributed by atoms with van der Waals surface area (Å²) in [5, 5.41) is 18.1. The van der Waals surface area contributed by atoms with Crippen LogP contribution in [0.1, 0.15) is 58.3 Å². The number of aliphatic hydroxyl groups is 1. The second kappa shape index (κ2) is 7.55. The second-order valence-corrected chi connectivity index (χ2v) is 9.51. The molecule has 0 amide bonds. The minimum absolute atomic E-state index is 0.181. The van der Waals surface area contributed by atoms with Gasteiger partial charge in [-0.25, -0.2) is 18.9 Å². The van der Waals surface area contributed by atoms with E-state index in [0.717, 1.165) is 53.7 Å². The Morgan fingerprint density at radius 3 is 2.69 bits per heavy atom. The Balaban J connectivity index is 1.48. The van der Waals surface area contributed by atoms with Gasteiger partial charge in [0.25, 0.3) is 0 Å². The zero-order chi connectivity index (χ0) is 22.6. The van der Waals surface area contributed by atoms with Crippen LogP contribution in [0.5, 0.6) is 0 Å². The van der Waals surface area contributed by atoms with E-state index in [2.05, 4.69) is 38.8 Å². The predicted molar refractivity (Wildman–Crippen MR) is 123 cm³/mol. The number of aromatic nitrogens is 5. The van der Waals surface area contributed by atoms with Crippen molar-refractivity contribution >= 4 is 22.5 Å². The summed E-state index contributed by atoms with van der Waals surface area (Å²) in [5.74, 6) is 1.03. The van der Waals surface area contributed by atoms with Gasteiger partial charge < -0.3 is 15.0 Å². The molecule has 1 aromatic carbocycles. The van der Waals surface area contributed by atoms with E-state index in [1.807, 2.05) is 32.2 Å². The normalized spacial score (nSPS) is 21.7. The first kappa shape index (κ1) is 20.9. The molecule has 2 N–H and O–H groups in total. The summed E-state index contributed by atoms with van der Waals surface area (Å²) in [4.78, 5) is 8.94. The minimum atomic E-state index is -0.571. The van der Waals surface area contributed by atoms with Crippen LogP contribution in [0.4, 0.5) is 10.3 Å². The highest BCUT2D eigenvalue weighted by atomic mass is 19.1. The summed E-state index contributed by atoms with van der Waals surface area (Å²) in [7, 11) is 0. The predicted octanol–water partition coefficient (Wildman–Crippen LogP) is 4.88. The molecule has 1 aliphatic carbocycles. The molecule has 3 aromatic heterocycles. The number of imidazole rings is 1. The third kappa shape index (κ3) is 3.62. The molecule has 0 spiro atoms. The smallest absolute Gasteiger partial charge is 0.241 e. The maximum Gasteiger partial charge on any atom is 0.241 e. The van der Waals surface area contributed by atoms with Crippen molar-refractivity contribution in [2.75, 3.05) is 5.32 Å². The molecule has 0 atom stereocenters. The SMILES string of the molecule is Cc1nc2c(F)cc(-c3ccn4nc(NC5CCC(C)(O)CC5)ncc34)cc2n1C(C)C. The van der Waals surface area contributed by atoms with Crippen LogP contribution in [0.3, 0.4) is 0 Å². The first-order valence-corrected chi connectivity index (χ1v) is 11.2. The number of anilines is 1. The molecule has 0 bridgehead atoms. The number of rotatable bonds is 4.